The van der Waals surface area contributed by atoms with Gasteiger partial charge in [0.15, 0.2) is 0 Å². The van der Waals surface area contributed by atoms with Gasteiger partial charge in [0.1, 0.15) is 0 Å². The number of benzene rings is 2. The third-order valence-corrected chi connectivity index (χ3v) is 7.90. The Balaban J connectivity index is 1.20. The Morgan fingerprint density at radius 1 is 1.03 bits per heavy atom. The molecule has 4 nitrogen and oxygen atoms in total. The number of anilines is 1. The number of amides is 1. The van der Waals surface area contributed by atoms with Crippen molar-refractivity contribution in [2.75, 3.05) is 11.4 Å². The van der Waals surface area contributed by atoms with E-state index in [1.165, 1.54) is 40.6 Å². The third-order valence-electron chi connectivity index (χ3n) is 7.90. The second-order valence-corrected chi connectivity index (χ2v) is 9.75. The van der Waals surface area contributed by atoms with Crippen molar-refractivity contribution in [2.45, 2.75) is 57.0 Å². The molecule has 0 saturated carbocycles. The summed E-state index contributed by atoms with van der Waals surface area (Å²) in [5.74, 6) is 0.778. The Morgan fingerprint density at radius 2 is 1.90 bits per heavy atom. The molecule has 4 heterocycles. The third kappa shape index (κ3) is 3.28. The lowest BCUT2D eigenvalue weighted by Gasteiger charge is -2.32. The maximum atomic E-state index is 13.0. The van der Waals surface area contributed by atoms with Gasteiger partial charge in [-0.05, 0) is 61.3 Å². The van der Waals surface area contributed by atoms with Crippen molar-refractivity contribution in [1.82, 2.24) is 9.88 Å². The first-order chi connectivity index (χ1) is 15.2. The second kappa shape index (κ2) is 7.52. The molecule has 3 aliphatic rings. The van der Waals surface area contributed by atoms with Gasteiger partial charge in [0.25, 0.3) is 0 Å². The Kier molecular flexibility index (Phi) is 4.64. The van der Waals surface area contributed by atoms with Crippen LogP contribution in [0.1, 0.15) is 55.0 Å². The molecule has 1 amide bonds. The van der Waals surface area contributed by atoms with Crippen LogP contribution in [0.2, 0.25) is 0 Å². The topological polar surface area (TPSA) is 37.3 Å². The van der Waals surface area contributed by atoms with Gasteiger partial charge in [-0.2, -0.15) is 0 Å². The van der Waals surface area contributed by atoms with E-state index < -0.39 is 0 Å². The first kappa shape index (κ1) is 19.1. The number of aryl methyl sites for hydroxylation is 2. The fourth-order valence-electron chi connectivity index (χ4n) is 6.18. The summed E-state index contributed by atoms with van der Waals surface area (Å²) in [6.45, 7) is 0.834. The van der Waals surface area contributed by atoms with Crippen LogP contribution in [0.25, 0.3) is 10.9 Å². The first-order valence-corrected chi connectivity index (χ1v) is 11.9. The Hall–Kier alpha value is -2.59. The normalized spacial score (nSPS) is 25.3. The van der Waals surface area contributed by atoms with Crippen molar-refractivity contribution < 1.29 is 4.79 Å². The van der Waals surface area contributed by atoms with Crippen LogP contribution in [-0.2, 0) is 24.7 Å². The van der Waals surface area contributed by atoms with Crippen LogP contribution in [0.3, 0.4) is 0 Å². The van der Waals surface area contributed by atoms with Gasteiger partial charge in [-0.25, -0.2) is 0 Å². The van der Waals surface area contributed by atoms with Gasteiger partial charge in [-0.3, -0.25) is 4.79 Å². The Morgan fingerprint density at radius 3 is 2.74 bits per heavy atom. The zero-order chi connectivity index (χ0) is 20.9. The zero-order valence-corrected chi connectivity index (χ0v) is 18.3. The molecule has 0 spiro atoms. The highest BCUT2D eigenvalue weighted by Gasteiger charge is 2.36. The Labute approximate surface area is 184 Å². The lowest BCUT2D eigenvalue weighted by atomic mass is 9.90. The quantitative estimate of drug-likeness (QED) is 0.660. The van der Waals surface area contributed by atoms with E-state index in [-0.39, 0.29) is 5.91 Å². The van der Waals surface area contributed by atoms with E-state index in [0.717, 1.165) is 37.9 Å². The van der Waals surface area contributed by atoms with Crippen molar-refractivity contribution in [3.8, 4) is 0 Å². The van der Waals surface area contributed by atoms with Gasteiger partial charge in [0.05, 0.1) is 5.52 Å². The standard InChI is InChI=1S/C27H31N3O/c1-29-24-17-21(10-11-22(24)27-23-12-9-20(28-23)16-25(27)29)30-14-13-19(15-26(30)31)8-7-18-5-3-2-4-6-18/h2-6,10-11,17,19-20,23,28H,7-9,12-16H2,1H3. The molecule has 3 unspecified atom stereocenters. The van der Waals surface area contributed by atoms with Crippen LogP contribution >= 0.6 is 0 Å². The number of hydrogen-bond donors (Lipinski definition) is 1. The fourth-order valence-corrected chi connectivity index (χ4v) is 6.18. The smallest absolute Gasteiger partial charge is 0.227 e. The number of rotatable bonds is 4. The van der Waals surface area contributed by atoms with Crippen LogP contribution in [0.15, 0.2) is 48.5 Å². The van der Waals surface area contributed by atoms with E-state index in [0.29, 0.717) is 24.4 Å². The van der Waals surface area contributed by atoms with Crippen molar-refractivity contribution in [1.29, 1.82) is 0 Å². The molecule has 2 saturated heterocycles. The van der Waals surface area contributed by atoms with Gasteiger partial charge in [-0.15, -0.1) is 0 Å². The van der Waals surface area contributed by atoms with Crippen LogP contribution in [0.5, 0.6) is 0 Å². The van der Waals surface area contributed by atoms with Crippen molar-refractivity contribution in [3.05, 3.63) is 65.4 Å². The molecule has 6 rings (SSSR count). The molecule has 2 bridgehead atoms. The number of nitrogens with one attached hydrogen (secondary N) is 1. The monoisotopic (exact) mass is 413 g/mol. The second-order valence-electron chi connectivity index (χ2n) is 9.75. The summed E-state index contributed by atoms with van der Waals surface area (Å²) in [4.78, 5) is 15.1. The first-order valence-electron chi connectivity index (χ1n) is 11.9. The summed E-state index contributed by atoms with van der Waals surface area (Å²) in [5.41, 5.74) is 6.71. The number of piperidine rings is 1. The van der Waals surface area contributed by atoms with Gasteiger partial charge < -0.3 is 14.8 Å². The lowest BCUT2D eigenvalue weighted by Crippen LogP contribution is -2.39. The number of nitrogens with zero attached hydrogens (tertiary/aromatic N) is 2. The van der Waals surface area contributed by atoms with E-state index in [9.17, 15) is 4.79 Å². The summed E-state index contributed by atoms with van der Waals surface area (Å²) in [5, 5.41) is 5.15. The Bertz CT molecular complexity index is 1130. The molecule has 3 aromatic rings. The summed E-state index contributed by atoms with van der Waals surface area (Å²) >= 11 is 0. The highest BCUT2D eigenvalue weighted by atomic mass is 16.2. The predicted octanol–water partition coefficient (Wildman–Crippen LogP) is 4.90. The molecule has 31 heavy (non-hydrogen) atoms. The average Bonchev–Trinajstić information content (AvgIpc) is 3.31. The number of hydrogen-bond acceptors (Lipinski definition) is 2. The molecular formula is C27H31N3O. The molecule has 160 valence electrons. The molecule has 4 heteroatoms. The maximum absolute atomic E-state index is 13.0. The SMILES string of the molecule is Cn1c2c(c3ccc(N4CCC(CCc5ccccc5)CC4=O)cc31)C1CCC(C2)N1. The maximum Gasteiger partial charge on any atom is 0.227 e. The minimum atomic E-state index is 0.281. The van der Waals surface area contributed by atoms with Gasteiger partial charge >= 0.3 is 0 Å². The molecule has 2 fully saturated rings. The molecule has 1 aromatic heterocycles. The number of carbonyl (C=O) groups excluding carboxylic acids is 1. The van der Waals surface area contributed by atoms with E-state index >= 15 is 0 Å². The minimum Gasteiger partial charge on any atom is -0.347 e. The van der Waals surface area contributed by atoms with E-state index in [1.54, 1.807) is 0 Å². The minimum absolute atomic E-state index is 0.281. The molecule has 2 aromatic carbocycles. The molecule has 0 aliphatic carbocycles. The number of carbonyl (C=O) groups is 1. The summed E-state index contributed by atoms with van der Waals surface area (Å²) in [6, 6.07) is 18.5. The van der Waals surface area contributed by atoms with Gasteiger partial charge in [0.2, 0.25) is 5.91 Å². The number of aromatic nitrogens is 1. The van der Waals surface area contributed by atoms with Crippen LogP contribution in [0, 0.1) is 5.92 Å². The largest absolute Gasteiger partial charge is 0.347 e. The molecule has 1 N–H and O–H groups in total. The van der Waals surface area contributed by atoms with E-state index in [1.807, 2.05) is 4.90 Å². The predicted molar refractivity (Wildman–Crippen MR) is 125 cm³/mol. The van der Waals surface area contributed by atoms with Crippen molar-refractivity contribution >= 4 is 22.5 Å². The summed E-state index contributed by atoms with van der Waals surface area (Å²) < 4.78 is 2.39. The number of fused-ring (bicyclic) bond motifs is 6. The van der Waals surface area contributed by atoms with Crippen LogP contribution in [-0.4, -0.2) is 23.1 Å². The summed E-state index contributed by atoms with van der Waals surface area (Å²) in [6.07, 6.45) is 7.58. The van der Waals surface area contributed by atoms with Crippen LogP contribution < -0.4 is 10.2 Å². The van der Waals surface area contributed by atoms with Gasteiger partial charge in [-0.1, -0.05) is 36.4 Å². The van der Waals surface area contributed by atoms with Gasteiger partial charge in [0, 0.05) is 55.3 Å². The summed E-state index contributed by atoms with van der Waals surface area (Å²) in [7, 11) is 2.20. The van der Waals surface area contributed by atoms with Crippen molar-refractivity contribution in [3.63, 3.8) is 0 Å². The average molecular weight is 414 g/mol. The van der Waals surface area contributed by atoms with E-state index in [2.05, 4.69) is 65.5 Å². The van der Waals surface area contributed by atoms with E-state index in [4.69, 9.17) is 0 Å². The highest BCUT2D eigenvalue weighted by Crippen LogP contribution is 2.42. The molecule has 3 atom stereocenters. The highest BCUT2D eigenvalue weighted by molar-refractivity contribution is 5.97. The fraction of sp³-hybridized carbons (Fsp3) is 0.444. The lowest BCUT2D eigenvalue weighted by molar-refractivity contribution is -0.120. The molecular weight excluding hydrogens is 382 g/mol. The molecule has 0 radical (unpaired) electrons. The molecule has 3 aliphatic heterocycles. The van der Waals surface area contributed by atoms with Crippen molar-refractivity contribution in [2.24, 2.45) is 13.0 Å². The van der Waals surface area contributed by atoms with Crippen LogP contribution in [0.4, 0.5) is 5.69 Å². The zero-order valence-electron chi connectivity index (χ0n) is 18.3.